The Morgan fingerprint density at radius 1 is 1.03 bits per heavy atom. The molecule has 12 heteroatoms. The summed E-state index contributed by atoms with van der Waals surface area (Å²) in [6.07, 6.45) is -1.83. The quantitative estimate of drug-likeness (QED) is 0.728. The minimum atomic E-state index is -4.70. The third-order valence-corrected chi connectivity index (χ3v) is 4.72. The number of fused-ring (bicyclic) bond motifs is 1. The molecule has 0 atom stereocenters. The van der Waals surface area contributed by atoms with E-state index in [9.17, 15) is 18.0 Å². The number of anilines is 2. The van der Waals surface area contributed by atoms with Crippen LogP contribution in [0.1, 0.15) is 19.4 Å². The Morgan fingerprint density at radius 2 is 1.62 bits per heavy atom. The molecule has 176 valence electrons. The largest absolute Gasteiger partial charge is 0.487 e. The van der Waals surface area contributed by atoms with Gasteiger partial charge in [0, 0.05) is 6.20 Å². The highest BCUT2D eigenvalue weighted by Crippen LogP contribution is 2.46. The third kappa shape index (κ3) is 5.43. The van der Waals surface area contributed by atoms with E-state index in [-0.39, 0.29) is 44.5 Å². The number of ether oxygens (including phenoxy) is 4. The summed E-state index contributed by atoms with van der Waals surface area (Å²) in [6, 6.07) is 1.96. The zero-order chi connectivity index (χ0) is 23.4. The van der Waals surface area contributed by atoms with Crippen molar-refractivity contribution in [1.82, 2.24) is 9.78 Å². The van der Waals surface area contributed by atoms with Crippen LogP contribution in [0.2, 0.25) is 0 Å². The van der Waals surface area contributed by atoms with Crippen LogP contribution in [0.3, 0.4) is 0 Å². The molecule has 0 fully saturated rings. The monoisotopic (exact) mass is 458 g/mol. The number of aromatic nitrogens is 2. The van der Waals surface area contributed by atoms with Gasteiger partial charge in [0.25, 0.3) is 5.91 Å². The molecule has 0 radical (unpaired) electrons. The van der Waals surface area contributed by atoms with E-state index in [0.717, 1.165) is 12.1 Å². The fourth-order valence-electron chi connectivity index (χ4n) is 2.92. The van der Waals surface area contributed by atoms with Crippen molar-refractivity contribution in [3.8, 4) is 11.5 Å². The van der Waals surface area contributed by atoms with E-state index in [2.05, 4.69) is 10.4 Å². The molecule has 0 aliphatic carbocycles. The summed E-state index contributed by atoms with van der Waals surface area (Å²) in [5, 5.41) is 6.67. The molecule has 1 aromatic heterocycles. The first kappa shape index (κ1) is 23.7. The number of carbonyl (C=O) groups is 1. The summed E-state index contributed by atoms with van der Waals surface area (Å²) in [5.41, 5.74) is 3.84. The number of hydrogen-bond acceptors (Lipinski definition) is 7. The Hall–Kier alpha value is -2.99. The third-order valence-electron chi connectivity index (χ3n) is 4.72. The highest BCUT2D eigenvalue weighted by Gasteiger charge is 2.38. The Bertz CT molecular complexity index is 946. The summed E-state index contributed by atoms with van der Waals surface area (Å²) in [5.74, 6) is -1.31. The van der Waals surface area contributed by atoms with Crippen LogP contribution in [0.4, 0.5) is 24.5 Å². The topological polar surface area (TPSA) is 110 Å². The average molecular weight is 458 g/mol. The number of nitrogens with zero attached hydrogens (tertiary/aromatic N) is 2. The van der Waals surface area contributed by atoms with Gasteiger partial charge in [-0.05, 0) is 26.0 Å². The lowest BCUT2D eigenvalue weighted by atomic mass is 10.0. The van der Waals surface area contributed by atoms with Gasteiger partial charge in [-0.15, -0.1) is 0 Å². The van der Waals surface area contributed by atoms with E-state index in [0.29, 0.717) is 12.3 Å². The molecule has 9 nitrogen and oxygen atoms in total. The number of nitrogens with two attached hydrogens (primary N) is 1. The molecule has 0 spiro atoms. The number of alkyl halides is 3. The molecule has 3 rings (SSSR count). The molecule has 0 saturated heterocycles. The number of benzene rings is 1. The highest BCUT2D eigenvalue weighted by atomic mass is 19.4. The maximum absolute atomic E-state index is 13.6. The fraction of sp³-hybridized carbons (Fsp3) is 0.500. The van der Waals surface area contributed by atoms with E-state index >= 15 is 0 Å². The number of amides is 1. The molecular weight excluding hydrogens is 433 g/mol. The van der Waals surface area contributed by atoms with Crippen molar-refractivity contribution in [1.29, 1.82) is 0 Å². The van der Waals surface area contributed by atoms with Crippen LogP contribution in [0.25, 0.3) is 0 Å². The van der Waals surface area contributed by atoms with E-state index in [1.54, 1.807) is 13.8 Å². The molecule has 0 bridgehead atoms. The van der Waals surface area contributed by atoms with Crippen LogP contribution in [0.15, 0.2) is 24.5 Å². The SMILES string of the molecule is CC(C)(C(=O)Nc1ccc(C(F)(F)F)c2c1OCCOCCOCCO2)n1cc(N)cn1. The highest BCUT2D eigenvalue weighted by molar-refractivity contribution is 5.97. The van der Waals surface area contributed by atoms with Crippen molar-refractivity contribution in [2.75, 3.05) is 50.7 Å². The minimum absolute atomic E-state index is 0.0178. The van der Waals surface area contributed by atoms with Crippen LogP contribution in [-0.2, 0) is 26.0 Å². The average Bonchev–Trinajstić information content (AvgIpc) is 3.15. The molecule has 32 heavy (non-hydrogen) atoms. The van der Waals surface area contributed by atoms with Crippen molar-refractivity contribution >= 4 is 17.3 Å². The lowest BCUT2D eigenvalue weighted by Crippen LogP contribution is -2.40. The summed E-state index contributed by atoms with van der Waals surface area (Å²) in [6.45, 7) is 3.75. The summed E-state index contributed by atoms with van der Waals surface area (Å²) < 4.78 is 63.9. The molecule has 0 unspecified atom stereocenters. The van der Waals surface area contributed by atoms with Crippen molar-refractivity contribution in [3.63, 3.8) is 0 Å². The molecule has 1 aliphatic rings. The number of hydrogen-bond donors (Lipinski definition) is 2. The standard InChI is InChI=1S/C20H25F3N4O5/c1-19(2,27-12-13(24)11-25-27)18(28)26-15-4-3-14(20(21,22)23)16-17(15)32-10-8-30-6-5-29-7-9-31-16/h3-4,11-12H,5-10,24H2,1-2H3,(H,26,28). The molecular formula is C20H25F3N4O5. The van der Waals surface area contributed by atoms with Gasteiger partial charge in [-0.2, -0.15) is 18.3 Å². The van der Waals surface area contributed by atoms with E-state index in [1.165, 1.54) is 17.1 Å². The van der Waals surface area contributed by atoms with Gasteiger partial charge in [0.2, 0.25) is 0 Å². The van der Waals surface area contributed by atoms with Gasteiger partial charge in [-0.3, -0.25) is 9.48 Å². The second-order valence-electron chi connectivity index (χ2n) is 7.47. The van der Waals surface area contributed by atoms with Gasteiger partial charge in [0.05, 0.1) is 44.0 Å². The Kier molecular flexibility index (Phi) is 7.14. The zero-order valence-corrected chi connectivity index (χ0v) is 17.7. The minimum Gasteiger partial charge on any atom is -0.487 e. The Balaban J connectivity index is 1.97. The molecule has 0 saturated carbocycles. The Labute approximate surface area is 182 Å². The van der Waals surface area contributed by atoms with E-state index < -0.39 is 28.9 Å². The first-order chi connectivity index (χ1) is 15.1. The van der Waals surface area contributed by atoms with Gasteiger partial charge in [-0.1, -0.05) is 0 Å². The molecule has 2 aromatic rings. The number of nitrogens with one attached hydrogen (secondary N) is 1. The second-order valence-corrected chi connectivity index (χ2v) is 7.47. The number of rotatable bonds is 3. The smallest absolute Gasteiger partial charge is 0.420 e. The lowest BCUT2D eigenvalue weighted by molar-refractivity contribution is -0.139. The molecule has 1 amide bonds. The van der Waals surface area contributed by atoms with Crippen LogP contribution in [-0.4, -0.2) is 55.3 Å². The first-order valence-corrected chi connectivity index (χ1v) is 9.88. The van der Waals surface area contributed by atoms with E-state index in [4.69, 9.17) is 24.7 Å². The molecule has 1 aromatic carbocycles. The van der Waals surface area contributed by atoms with Gasteiger partial charge in [0.1, 0.15) is 24.3 Å². The zero-order valence-electron chi connectivity index (χ0n) is 17.7. The van der Waals surface area contributed by atoms with Gasteiger partial charge >= 0.3 is 6.18 Å². The van der Waals surface area contributed by atoms with Crippen molar-refractivity contribution in [3.05, 3.63) is 30.1 Å². The predicted molar refractivity (Wildman–Crippen MR) is 109 cm³/mol. The van der Waals surface area contributed by atoms with Crippen LogP contribution in [0, 0.1) is 0 Å². The number of nitrogen functional groups attached to an aromatic ring is 1. The maximum atomic E-state index is 13.6. The summed E-state index contributed by atoms with van der Waals surface area (Å²) in [7, 11) is 0. The van der Waals surface area contributed by atoms with Gasteiger partial charge < -0.3 is 30.0 Å². The normalized spacial score (nSPS) is 16.0. The fourth-order valence-corrected chi connectivity index (χ4v) is 2.92. The maximum Gasteiger partial charge on any atom is 0.420 e. The van der Waals surface area contributed by atoms with Crippen molar-refractivity contribution in [2.24, 2.45) is 0 Å². The number of carbonyl (C=O) groups excluding carboxylic acids is 1. The molecule has 2 heterocycles. The summed E-state index contributed by atoms with van der Waals surface area (Å²) >= 11 is 0. The molecule has 3 N–H and O–H groups in total. The van der Waals surface area contributed by atoms with Crippen LogP contribution in [0.5, 0.6) is 11.5 Å². The van der Waals surface area contributed by atoms with E-state index in [1.807, 2.05) is 0 Å². The predicted octanol–water partition coefficient (Wildman–Crippen LogP) is 2.66. The van der Waals surface area contributed by atoms with Crippen LogP contribution < -0.4 is 20.5 Å². The van der Waals surface area contributed by atoms with Crippen molar-refractivity contribution < 1.29 is 36.9 Å². The van der Waals surface area contributed by atoms with Crippen molar-refractivity contribution in [2.45, 2.75) is 25.6 Å². The van der Waals surface area contributed by atoms with Gasteiger partial charge in [-0.25, -0.2) is 0 Å². The first-order valence-electron chi connectivity index (χ1n) is 9.88. The lowest BCUT2D eigenvalue weighted by Gasteiger charge is -2.26. The summed E-state index contributed by atoms with van der Waals surface area (Å²) in [4.78, 5) is 13.0. The van der Waals surface area contributed by atoms with Gasteiger partial charge in [0.15, 0.2) is 11.5 Å². The van der Waals surface area contributed by atoms with Crippen LogP contribution >= 0.6 is 0 Å². The second kappa shape index (κ2) is 9.65. The number of halogens is 3. The Morgan fingerprint density at radius 3 is 2.19 bits per heavy atom. The molecule has 1 aliphatic heterocycles.